The van der Waals surface area contributed by atoms with Crippen LogP contribution >= 0.6 is 36.4 Å². The predicted molar refractivity (Wildman–Crippen MR) is 207 cm³/mol. The third kappa shape index (κ3) is 9.13. The van der Waals surface area contributed by atoms with Gasteiger partial charge in [-0.2, -0.15) is 0 Å². The first-order valence-electron chi connectivity index (χ1n) is 18.1. The summed E-state index contributed by atoms with van der Waals surface area (Å²) in [4.78, 5) is 71.2. The second-order valence-corrected chi connectivity index (χ2v) is 23.6. The molecule has 0 aromatic carbocycles. The number of rotatable bonds is 8. The lowest BCUT2D eigenvalue weighted by molar-refractivity contribution is -0.151. The van der Waals surface area contributed by atoms with Crippen LogP contribution in [0.25, 0.3) is 22.3 Å². The van der Waals surface area contributed by atoms with E-state index >= 15 is 8.78 Å². The number of carbonyl (C=O) groups is 2. The number of ether oxygens (including phenoxy) is 4. The van der Waals surface area contributed by atoms with Gasteiger partial charge in [0, 0.05) is 22.8 Å². The Kier molecular flexibility index (Phi) is 12.6. The molecule has 3 fully saturated rings. The van der Waals surface area contributed by atoms with Crippen LogP contribution in [0.4, 0.5) is 8.78 Å². The van der Waals surface area contributed by atoms with E-state index in [0.29, 0.717) is 22.8 Å². The van der Waals surface area contributed by atoms with Crippen molar-refractivity contribution in [1.82, 2.24) is 39.0 Å². The highest BCUT2D eigenvalue weighted by molar-refractivity contribution is 8.55. The van der Waals surface area contributed by atoms with Crippen molar-refractivity contribution >= 4 is 70.6 Å². The molecule has 4 aromatic rings. The summed E-state index contributed by atoms with van der Waals surface area (Å²) in [6.45, 7) is -1.72. The predicted octanol–water partition coefficient (Wildman–Crippen LogP) is 4.32. The zero-order valence-electron chi connectivity index (χ0n) is 32.6. The molecular formula is C32H40F2N8O14P2S2. The van der Waals surface area contributed by atoms with Gasteiger partial charge in [0.1, 0.15) is 36.3 Å². The Balaban J connectivity index is 1.27. The van der Waals surface area contributed by atoms with Gasteiger partial charge >= 0.3 is 25.5 Å². The number of alkyl halides is 2. The molecule has 0 aliphatic carbocycles. The third-order valence-electron chi connectivity index (χ3n) is 9.13. The number of nitrogens with zero attached hydrogens (tertiary/aromatic N) is 6. The smallest absolute Gasteiger partial charge is 0.393 e. The van der Waals surface area contributed by atoms with Gasteiger partial charge in [-0.1, -0.05) is 0 Å². The van der Waals surface area contributed by atoms with Gasteiger partial charge in [-0.15, -0.1) is 0 Å². The molecule has 7 heterocycles. The minimum Gasteiger partial charge on any atom is -0.454 e. The van der Waals surface area contributed by atoms with Crippen LogP contribution in [0.5, 0.6) is 0 Å². The molecule has 0 amide bonds. The highest BCUT2D eigenvalue weighted by Crippen LogP contribution is 2.66. The van der Waals surface area contributed by atoms with Gasteiger partial charge < -0.3 is 28.9 Å². The van der Waals surface area contributed by atoms with E-state index in [0.717, 1.165) is 34.4 Å². The first-order chi connectivity index (χ1) is 28.2. The maximum atomic E-state index is 16.8. The van der Waals surface area contributed by atoms with Crippen LogP contribution in [0.1, 0.15) is 54.0 Å². The van der Waals surface area contributed by atoms with Crippen LogP contribution in [0, 0.1) is 10.8 Å². The van der Waals surface area contributed by atoms with Crippen molar-refractivity contribution in [2.75, 3.05) is 25.1 Å². The first-order valence-corrected chi connectivity index (χ1v) is 24.3. The van der Waals surface area contributed by atoms with Crippen LogP contribution in [0.15, 0.2) is 34.9 Å². The van der Waals surface area contributed by atoms with Gasteiger partial charge in [0.2, 0.25) is 0 Å². The van der Waals surface area contributed by atoms with Gasteiger partial charge in [0.05, 0.1) is 49.4 Å². The van der Waals surface area contributed by atoms with E-state index in [2.05, 4.69) is 29.9 Å². The Morgan fingerprint density at radius 2 is 1.18 bits per heavy atom. The zero-order chi connectivity index (χ0) is 43.4. The number of esters is 2. The number of hydrogen-bond acceptors (Lipinski definition) is 20. The van der Waals surface area contributed by atoms with Crippen LogP contribution in [0.3, 0.4) is 0 Å². The quantitative estimate of drug-likeness (QED) is 0.141. The maximum absolute atomic E-state index is 16.8. The number of fused-ring (bicyclic) bond motifs is 5. The monoisotopic (exact) mass is 924 g/mol. The van der Waals surface area contributed by atoms with Crippen molar-refractivity contribution in [3.05, 3.63) is 46.0 Å². The van der Waals surface area contributed by atoms with E-state index < -0.39 is 122 Å². The number of aromatic nitrogens is 8. The van der Waals surface area contributed by atoms with Crippen molar-refractivity contribution in [2.45, 2.75) is 90.8 Å². The minimum absolute atomic E-state index is 0.0781. The lowest BCUT2D eigenvalue weighted by Crippen LogP contribution is -2.34. The Morgan fingerprint density at radius 1 is 0.733 bits per heavy atom. The summed E-state index contributed by atoms with van der Waals surface area (Å²) in [5.41, 5.74) is -3.70. The average Bonchev–Trinajstić information content (AvgIpc) is 3.94. The first kappa shape index (κ1) is 44.5. The van der Waals surface area contributed by atoms with E-state index in [1.807, 2.05) is 0 Å². The molecule has 328 valence electrons. The normalized spacial score (nSPS) is 31.6. The molecule has 7 rings (SSSR count). The second kappa shape index (κ2) is 16.9. The van der Waals surface area contributed by atoms with Gasteiger partial charge in [-0.25, -0.2) is 37.8 Å². The summed E-state index contributed by atoms with van der Waals surface area (Å²) in [6, 6.07) is 0. The van der Waals surface area contributed by atoms with Crippen LogP contribution in [-0.2, 0) is 55.8 Å². The van der Waals surface area contributed by atoms with E-state index in [9.17, 15) is 28.3 Å². The lowest BCUT2D eigenvalue weighted by Gasteiger charge is -2.28. The molecule has 22 nitrogen and oxygen atoms in total. The van der Waals surface area contributed by atoms with Gasteiger partial charge in [-0.05, 0) is 41.5 Å². The maximum Gasteiger partial charge on any atom is 0.393 e. The second-order valence-electron chi connectivity index (χ2n) is 15.6. The van der Waals surface area contributed by atoms with Crippen molar-refractivity contribution < 1.29 is 64.5 Å². The van der Waals surface area contributed by atoms with Crippen LogP contribution < -0.4 is 11.1 Å². The molecule has 10 atom stereocenters. The minimum atomic E-state index is -4.76. The van der Waals surface area contributed by atoms with Crippen LogP contribution in [-0.4, -0.2) is 113 Å². The van der Waals surface area contributed by atoms with Crippen LogP contribution in [0.2, 0.25) is 0 Å². The number of imidazole rings is 2. The fourth-order valence-corrected chi connectivity index (χ4v) is 11.6. The van der Waals surface area contributed by atoms with E-state index in [1.54, 1.807) is 41.5 Å². The molecule has 3 saturated heterocycles. The molecule has 2 N–H and O–H groups in total. The van der Waals surface area contributed by atoms with Gasteiger partial charge in [0.15, 0.2) is 47.1 Å². The largest absolute Gasteiger partial charge is 0.454 e. The Bertz CT molecular complexity index is 2480. The Morgan fingerprint density at radius 3 is 1.68 bits per heavy atom. The summed E-state index contributed by atoms with van der Waals surface area (Å²) in [7, 11) is 0. The molecule has 3 aliphatic rings. The molecule has 0 saturated carbocycles. The highest BCUT2D eigenvalue weighted by atomic mass is 32.7. The fourth-order valence-electron chi connectivity index (χ4n) is 5.99. The summed E-state index contributed by atoms with van der Waals surface area (Å²) in [5, 5.41) is 0. The average molecular weight is 925 g/mol. The molecule has 2 bridgehead atoms. The third-order valence-corrected chi connectivity index (χ3v) is 15.8. The molecular weight excluding hydrogens is 884 g/mol. The SMILES string of the molecule is CC(C)(C)C(=O)OCSP1(=O)OC[C@H]2O[C@@H](n3cnc4c(=O)[nH]cnc43)[C@H](F)[C@@H]2OP(=O)(SCOC(=O)C(C)(C)C)OC[C@H]2O[C@@H](n3cnc4c(=O)[nH]cnc43)[C@H](O1)[C@H]2F. The highest BCUT2D eigenvalue weighted by Gasteiger charge is 2.55. The number of hydrogen-bond donors (Lipinski definition) is 2. The topological polar surface area (TPSA) is 269 Å². The molecule has 0 spiro atoms. The van der Waals surface area contributed by atoms with E-state index in [4.69, 9.17) is 37.0 Å². The zero-order valence-corrected chi connectivity index (χ0v) is 36.0. The molecule has 0 radical (unpaired) electrons. The molecule has 3 aliphatic heterocycles. The van der Waals surface area contributed by atoms with Crippen molar-refractivity contribution in [1.29, 1.82) is 0 Å². The van der Waals surface area contributed by atoms with Crippen molar-refractivity contribution in [3.8, 4) is 0 Å². The summed E-state index contributed by atoms with van der Waals surface area (Å²) < 4.78 is 111. The number of carbonyl (C=O) groups excluding carboxylic acids is 2. The summed E-state index contributed by atoms with van der Waals surface area (Å²) >= 11 is 0.703. The number of nitrogens with one attached hydrogen (secondary N) is 2. The van der Waals surface area contributed by atoms with E-state index in [-0.39, 0.29) is 22.3 Å². The van der Waals surface area contributed by atoms with E-state index in [1.165, 1.54) is 0 Å². The standard InChI is InChI=1S/C32H40F2N8O14P2S2/c1-31(2,3)29(45)49-13-59-57(47)51-7-15-17(33)22(28(53-15)42-12-40-20-24(42)36-10-38-26(20)44)56-58(48,60-14-50-30(46)32(4,5)6)52-8-16-21(55-57)18(34)27(54-16)41-11-39-19-23(41)35-9-37-25(19)43/h9-12,15-18,21-22,27-28H,7-8,13-14H2,1-6H3,(H,35,37,43)(H,36,38,44)/t15-,16-,17+,18-,21-,22-,27-,28-,57?,58?/m1/s1. The molecule has 60 heavy (non-hydrogen) atoms. The summed E-state index contributed by atoms with van der Waals surface area (Å²) in [6.07, 6.45) is -10.4. The fraction of sp³-hybridized carbons (Fsp3) is 0.625. The number of halogens is 2. The van der Waals surface area contributed by atoms with Crippen molar-refractivity contribution in [3.63, 3.8) is 0 Å². The molecule has 2 unspecified atom stereocenters. The summed E-state index contributed by atoms with van der Waals surface area (Å²) in [5.74, 6) is -2.62. The van der Waals surface area contributed by atoms with Gasteiger partial charge in [0.25, 0.3) is 11.1 Å². The van der Waals surface area contributed by atoms with Gasteiger partial charge in [-0.3, -0.25) is 46.4 Å². The Labute approximate surface area is 346 Å². The Hall–Kier alpha value is -3.58. The molecule has 4 aromatic heterocycles. The number of H-pyrrole nitrogens is 2. The van der Waals surface area contributed by atoms with Crippen molar-refractivity contribution in [2.24, 2.45) is 10.8 Å². The molecule has 28 heteroatoms. The lowest BCUT2D eigenvalue weighted by atomic mass is 9.98. The number of aromatic amines is 2.